The van der Waals surface area contributed by atoms with Gasteiger partial charge in [-0.3, -0.25) is 4.99 Å². The summed E-state index contributed by atoms with van der Waals surface area (Å²) in [6, 6.07) is 17.9. The molecular weight excluding hydrogens is 347 g/mol. The first-order valence-corrected chi connectivity index (χ1v) is 10.0. The third-order valence-corrected chi connectivity index (χ3v) is 5.91. The molecule has 4 rings (SSSR count). The molecule has 0 aliphatic carbocycles. The van der Waals surface area contributed by atoms with E-state index < -0.39 is 0 Å². The van der Waals surface area contributed by atoms with Crippen LogP contribution in [0.1, 0.15) is 51.2 Å². The van der Waals surface area contributed by atoms with Gasteiger partial charge in [0.05, 0.1) is 5.69 Å². The van der Waals surface area contributed by atoms with Gasteiger partial charge in [0, 0.05) is 29.5 Å². The van der Waals surface area contributed by atoms with Crippen LogP contribution in [0.2, 0.25) is 0 Å². The second kappa shape index (κ2) is 7.05. The fraction of sp³-hybridized carbons (Fsp3) is 0.320. The molecule has 0 amide bonds. The normalized spacial score (nSPS) is 18.6. The number of anilines is 1. The maximum Gasteiger partial charge on any atom is 0.134 e. The monoisotopic (exact) mass is 374 g/mol. The van der Waals surface area contributed by atoms with Gasteiger partial charge in [0.2, 0.25) is 0 Å². The molecule has 1 atom stereocenters. The quantitative estimate of drug-likeness (QED) is 0.458. The third kappa shape index (κ3) is 3.30. The van der Waals surface area contributed by atoms with Crippen molar-refractivity contribution in [1.82, 2.24) is 0 Å². The van der Waals surface area contributed by atoms with Crippen molar-refractivity contribution < 1.29 is 4.39 Å². The zero-order valence-electron chi connectivity index (χ0n) is 17.0. The second-order valence-corrected chi connectivity index (χ2v) is 8.38. The van der Waals surface area contributed by atoms with Gasteiger partial charge in [-0.25, -0.2) is 4.39 Å². The third-order valence-electron chi connectivity index (χ3n) is 5.91. The van der Waals surface area contributed by atoms with Gasteiger partial charge < -0.3 is 4.90 Å². The van der Waals surface area contributed by atoms with Crippen molar-refractivity contribution in [2.24, 2.45) is 4.99 Å². The van der Waals surface area contributed by atoms with E-state index in [2.05, 4.69) is 55.8 Å². The predicted molar refractivity (Wildman–Crippen MR) is 118 cm³/mol. The van der Waals surface area contributed by atoms with Gasteiger partial charge in [-0.15, -0.1) is 0 Å². The summed E-state index contributed by atoms with van der Waals surface area (Å²) in [4.78, 5) is 6.87. The molecule has 0 fully saturated rings. The summed E-state index contributed by atoms with van der Waals surface area (Å²) < 4.78 is 14.9. The highest BCUT2D eigenvalue weighted by Crippen LogP contribution is 2.43. The van der Waals surface area contributed by atoms with Gasteiger partial charge in [-0.05, 0) is 73.7 Å². The van der Waals surface area contributed by atoms with E-state index in [0.29, 0.717) is 11.5 Å². The van der Waals surface area contributed by atoms with Gasteiger partial charge in [-0.2, -0.15) is 0 Å². The zero-order chi connectivity index (χ0) is 19.9. The Labute approximate surface area is 166 Å². The Morgan fingerprint density at radius 2 is 1.86 bits per heavy atom. The molecule has 0 radical (unpaired) electrons. The lowest BCUT2D eigenvalue weighted by Gasteiger charge is -2.47. The molecule has 0 saturated carbocycles. The minimum Gasteiger partial charge on any atom is -0.366 e. The van der Waals surface area contributed by atoms with E-state index in [1.165, 1.54) is 10.9 Å². The van der Waals surface area contributed by atoms with Crippen molar-refractivity contribution >= 4 is 28.4 Å². The van der Waals surface area contributed by atoms with Crippen LogP contribution in [0.3, 0.4) is 0 Å². The van der Waals surface area contributed by atoms with E-state index >= 15 is 0 Å². The van der Waals surface area contributed by atoms with E-state index in [4.69, 9.17) is 0 Å². The summed E-state index contributed by atoms with van der Waals surface area (Å²) >= 11 is 0. The van der Waals surface area contributed by atoms with Gasteiger partial charge in [0.25, 0.3) is 0 Å². The number of fused-ring (bicyclic) bond motifs is 2. The summed E-state index contributed by atoms with van der Waals surface area (Å²) in [7, 11) is 0. The summed E-state index contributed by atoms with van der Waals surface area (Å²) in [6.07, 6.45) is 2.71. The Hall–Kier alpha value is -2.68. The number of hydrogen-bond donors (Lipinski definition) is 0. The Balaban J connectivity index is 1.71. The van der Waals surface area contributed by atoms with Crippen molar-refractivity contribution in [3.05, 3.63) is 71.5 Å². The molecule has 144 valence electrons. The fourth-order valence-electron chi connectivity index (χ4n) is 4.62. The van der Waals surface area contributed by atoms with Crippen LogP contribution in [0, 0.1) is 5.82 Å². The Morgan fingerprint density at radius 1 is 1.11 bits per heavy atom. The molecule has 0 N–H and O–H groups in total. The zero-order valence-corrected chi connectivity index (χ0v) is 17.0. The first-order chi connectivity index (χ1) is 13.4. The minimum atomic E-state index is -0.216. The topological polar surface area (TPSA) is 15.6 Å². The van der Waals surface area contributed by atoms with Gasteiger partial charge in [0.15, 0.2) is 0 Å². The van der Waals surface area contributed by atoms with E-state index in [9.17, 15) is 4.39 Å². The standard InChI is InChI=1S/C25H27FN2/c1-5-28-24-14-23(26)20(13-22(24)17(2)15-25(28,3)4)16-27-21-11-10-18-8-6-7-9-19(18)12-21/h6-14,16-17H,5,15H2,1-4H3. The lowest BCUT2D eigenvalue weighted by atomic mass is 9.79. The van der Waals surface area contributed by atoms with Crippen molar-refractivity contribution in [1.29, 1.82) is 0 Å². The summed E-state index contributed by atoms with van der Waals surface area (Å²) in [6.45, 7) is 9.72. The Morgan fingerprint density at radius 3 is 2.61 bits per heavy atom. The number of rotatable bonds is 3. The number of halogens is 1. The predicted octanol–water partition coefficient (Wildman–Crippen LogP) is 6.84. The van der Waals surface area contributed by atoms with Crippen LogP contribution >= 0.6 is 0 Å². The average Bonchev–Trinajstić information content (AvgIpc) is 2.66. The van der Waals surface area contributed by atoms with Gasteiger partial charge >= 0.3 is 0 Å². The molecule has 0 spiro atoms. The number of aliphatic imine (C=N–C) groups is 1. The lowest BCUT2D eigenvalue weighted by Crippen LogP contribution is -2.48. The molecule has 2 nitrogen and oxygen atoms in total. The molecule has 1 heterocycles. The number of hydrogen-bond acceptors (Lipinski definition) is 2. The summed E-state index contributed by atoms with van der Waals surface area (Å²) in [5.41, 5.74) is 3.65. The highest BCUT2D eigenvalue weighted by Gasteiger charge is 2.36. The van der Waals surface area contributed by atoms with Crippen LogP contribution in [0.4, 0.5) is 15.8 Å². The molecule has 3 aromatic rings. The van der Waals surface area contributed by atoms with Crippen LogP contribution in [0.5, 0.6) is 0 Å². The first kappa shape index (κ1) is 18.7. The largest absolute Gasteiger partial charge is 0.366 e. The molecule has 0 bridgehead atoms. The van der Waals surface area contributed by atoms with Crippen molar-refractivity contribution in [2.45, 2.75) is 45.6 Å². The number of nitrogens with zero attached hydrogens (tertiary/aromatic N) is 2. The fourth-order valence-corrected chi connectivity index (χ4v) is 4.62. The van der Waals surface area contributed by atoms with Crippen molar-refractivity contribution in [3.63, 3.8) is 0 Å². The average molecular weight is 375 g/mol. The van der Waals surface area contributed by atoms with Crippen LogP contribution in [0.25, 0.3) is 10.8 Å². The van der Waals surface area contributed by atoms with Crippen LogP contribution in [-0.2, 0) is 0 Å². The Kier molecular flexibility index (Phi) is 4.70. The summed E-state index contributed by atoms with van der Waals surface area (Å²) in [5.74, 6) is 0.174. The molecule has 0 aromatic heterocycles. The molecule has 1 aliphatic rings. The van der Waals surface area contributed by atoms with Crippen molar-refractivity contribution in [3.8, 4) is 0 Å². The van der Waals surface area contributed by atoms with Gasteiger partial charge in [0.1, 0.15) is 5.82 Å². The highest BCUT2D eigenvalue weighted by molar-refractivity contribution is 5.88. The van der Waals surface area contributed by atoms with Crippen molar-refractivity contribution in [2.75, 3.05) is 11.4 Å². The second-order valence-electron chi connectivity index (χ2n) is 8.38. The number of benzene rings is 3. The molecule has 1 aliphatic heterocycles. The van der Waals surface area contributed by atoms with Crippen LogP contribution in [0.15, 0.2) is 59.6 Å². The Bertz CT molecular complexity index is 1050. The van der Waals surface area contributed by atoms with E-state index in [0.717, 1.165) is 29.7 Å². The van der Waals surface area contributed by atoms with Gasteiger partial charge in [-0.1, -0.05) is 37.3 Å². The van der Waals surface area contributed by atoms with E-state index in [-0.39, 0.29) is 11.4 Å². The maximum atomic E-state index is 14.9. The SMILES string of the molecule is CCN1c2cc(F)c(C=Nc3ccc4ccccc4c3)cc2C(C)CC1(C)C. The van der Waals surface area contributed by atoms with E-state index in [1.54, 1.807) is 12.3 Å². The molecule has 28 heavy (non-hydrogen) atoms. The molecule has 0 saturated heterocycles. The maximum absolute atomic E-state index is 14.9. The molecular formula is C25H27FN2. The molecule has 3 aromatic carbocycles. The molecule has 3 heteroatoms. The highest BCUT2D eigenvalue weighted by atomic mass is 19.1. The first-order valence-electron chi connectivity index (χ1n) is 10.0. The molecule has 1 unspecified atom stereocenters. The van der Waals surface area contributed by atoms with Crippen LogP contribution < -0.4 is 4.90 Å². The van der Waals surface area contributed by atoms with Crippen LogP contribution in [-0.4, -0.2) is 18.3 Å². The van der Waals surface area contributed by atoms with E-state index in [1.807, 2.05) is 30.3 Å². The minimum absolute atomic E-state index is 0.0360. The lowest BCUT2D eigenvalue weighted by molar-refractivity contribution is 0.380. The summed E-state index contributed by atoms with van der Waals surface area (Å²) in [5, 5.41) is 2.31. The smallest absolute Gasteiger partial charge is 0.134 e.